The van der Waals surface area contributed by atoms with E-state index in [-0.39, 0.29) is 12.4 Å². The second-order valence-electron chi connectivity index (χ2n) is 8.89. The summed E-state index contributed by atoms with van der Waals surface area (Å²) in [5.74, 6) is -1.82. The standard InChI is InChI=1S/C29H24N2O6/c1-3-35-28(34)29(17-30)24-15-12-19-7-4-5-8-22(19)31(24)26(25(29)23-9-6-16-36-23)27(33)20-10-13-21(14-11-20)37-18(2)32/h4-16,24-26H,3H2,1-2H3/t24-,25-,26+,29-/m1/s1. The van der Waals surface area contributed by atoms with E-state index in [4.69, 9.17) is 13.9 Å². The predicted molar refractivity (Wildman–Crippen MR) is 134 cm³/mol. The molecule has 0 radical (unpaired) electrons. The van der Waals surface area contributed by atoms with Crippen LogP contribution >= 0.6 is 0 Å². The summed E-state index contributed by atoms with van der Waals surface area (Å²) < 4.78 is 16.3. The Morgan fingerprint density at radius 3 is 2.49 bits per heavy atom. The van der Waals surface area contributed by atoms with Crippen LogP contribution in [0.25, 0.3) is 6.08 Å². The van der Waals surface area contributed by atoms with E-state index >= 15 is 0 Å². The molecule has 2 aromatic carbocycles. The second kappa shape index (κ2) is 9.43. The number of ether oxygens (including phenoxy) is 2. The van der Waals surface area contributed by atoms with Crippen LogP contribution in [0.2, 0.25) is 0 Å². The molecule has 2 aliphatic rings. The van der Waals surface area contributed by atoms with Gasteiger partial charge < -0.3 is 18.8 Å². The first-order valence-electron chi connectivity index (χ1n) is 11.9. The Bertz CT molecular complexity index is 1420. The predicted octanol–water partition coefficient (Wildman–Crippen LogP) is 4.53. The number of anilines is 1. The third-order valence-electron chi connectivity index (χ3n) is 6.86. The molecule has 0 amide bonds. The molecule has 0 spiro atoms. The maximum absolute atomic E-state index is 14.3. The van der Waals surface area contributed by atoms with E-state index in [9.17, 15) is 19.6 Å². The molecule has 1 aromatic heterocycles. The quantitative estimate of drug-likeness (QED) is 0.278. The van der Waals surface area contributed by atoms with Crippen LogP contribution in [0, 0.1) is 16.7 Å². The third kappa shape index (κ3) is 3.80. The van der Waals surface area contributed by atoms with Crippen LogP contribution in [0.4, 0.5) is 5.69 Å². The molecule has 4 atom stereocenters. The molecule has 3 heterocycles. The summed E-state index contributed by atoms with van der Waals surface area (Å²) in [6.45, 7) is 3.05. The van der Waals surface area contributed by atoms with Gasteiger partial charge in [0, 0.05) is 18.2 Å². The number of hydrogen-bond donors (Lipinski definition) is 0. The van der Waals surface area contributed by atoms with Crippen molar-refractivity contribution in [3.05, 3.63) is 89.9 Å². The van der Waals surface area contributed by atoms with Crippen LogP contribution in [-0.4, -0.2) is 36.4 Å². The van der Waals surface area contributed by atoms with E-state index in [0.717, 1.165) is 11.3 Å². The highest BCUT2D eigenvalue weighted by Gasteiger charge is 2.68. The number of carbonyl (C=O) groups excluding carboxylic acids is 3. The minimum atomic E-state index is -1.75. The molecule has 186 valence electrons. The molecule has 0 saturated carbocycles. The van der Waals surface area contributed by atoms with Crippen molar-refractivity contribution in [3.63, 3.8) is 0 Å². The minimum absolute atomic E-state index is 0.0797. The van der Waals surface area contributed by atoms with Crippen molar-refractivity contribution in [1.29, 1.82) is 5.26 Å². The Morgan fingerprint density at radius 2 is 1.84 bits per heavy atom. The van der Waals surface area contributed by atoms with E-state index < -0.39 is 35.4 Å². The molecule has 2 aliphatic heterocycles. The van der Waals surface area contributed by atoms with Gasteiger partial charge in [-0.15, -0.1) is 0 Å². The van der Waals surface area contributed by atoms with E-state index in [1.807, 2.05) is 35.2 Å². The molecule has 1 saturated heterocycles. The fourth-order valence-corrected chi connectivity index (χ4v) is 5.42. The van der Waals surface area contributed by atoms with Crippen molar-refractivity contribution in [2.75, 3.05) is 11.5 Å². The van der Waals surface area contributed by atoms with Crippen molar-refractivity contribution in [2.45, 2.75) is 31.8 Å². The van der Waals surface area contributed by atoms with Gasteiger partial charge in [-0.05, 0) is 55.0 Å². The van der Waals surface area contributed by atoms with Crippen LogP contribution in [0.3, 0.4) is 0 Å². The summed E-state index contributed by atoms with van der Waals surface area (Å²) in [4.78, 5) is 41.0. The highest BCUT2D eigenvalue weighted by Crippen LogP contribution is 2.56. The molecule has 8 nitrogen and oxygen atoms in total. The number of fused-ring (bicyclic) bond motifs is 3. The Balaban J connectivity index is 1.71. The fraction of sp³-hybridized carbons (Fsp3) is 0.241. The molecule has 37 heavy (non-hydrogen) atoms. The second-order valence-corrected chi connectivity index (χ2v) is 8.89. The minimum Gasteiger partial charge on any atom is -0.469 e. The molecule has 1 fully saturated rings. The third-order valence-corrected chi connectivity index (χ3v) is 6.86. The maximum atomic E-state index is 14.3. The lowest BCUT2D eigenvalue weighted by atomic mass is 9.70. The molecule has 0 bridgehead atoms. The van der Waals surface area contributed by atoms with Crippen LogP contribution in [0.15, 0.2) is 77.4 Å². The smallest absolute Gasteiger partial charge is 0.329 e. The summed E-state index contributed by atoms with van der Waals surface area (Å²) in [6, 6.07) is 17.6. The topological polar surface area (TPSA) is 110 Å². The Labute approximate surface area is 213 Å². The number of rotatable bonds is 6. The number of para-hydroxylation sites is 1. The molecular weight excluding hydrogens is 472 g/mol. The van der Waals surface area contributed by atoms with Crippen molar-refractivity contribution in [1.82, 2.24) is 0 Å². The van der Waals surface area contributed by atoms with Crippen molar-refractivity contribution in [3.8, 4) is 11.8 Å². The van der Waals surface area contributed by atoms with Crippen LogP contribution < -0.4 is 9.64 Å². The van der Waals surface area contributed by atoms with E-state index in [2.05, 4.69) is 6.07 Å². The van der Waals surface area contributed by atoms with E-state index in [1.54, 1.807) is 37.3 Å². The zero-order chi connectivity index (χ0) is 26.2. The number of ketones is 1. The van der Waals surface area contributed by atoms with Gasteiger partial charge in [0.1, 0.15) is 17.6 Å². The normalized spacial score (nSPS) is 23.5. The van der Waals surface area contributed by atoms with Gasteiger partial charge >= 0.3 is 11.9 Å². The number of nitriles is 1. The van der Waals surface area contributed by atoms with Crippen molar-refractivity contribution >= 4 is 29.5 Å². The average molecular weight is 497 g/mol. The van der Waals surface area contributed by atoms with Gasteiger partial charge in [-0.1, -0.05) is 30.4 Å². The van der Waals surface area contributed by atoms with Gasteiger partial charge in [-0.3, -0.25) is 14.4 Å². The summed E-state index contributed by atoms with van der Waals surface area (Å²) in [5.41, 5.74) is 0.164. The molecule has 3 aromatic rings. The average Bonchev–Trinajstić information content (AvgIpc) is 3.53. The molecule has 8 heteroatoms. The lowest BCUT2D eigenvalue weighted by molar-refractivity contribution is -0.152. The first-order valence-corrected chi connectivity index (χ1v) is 11.9. The number of Topliss-reactive ketones (excluding diaryl/α,β-unsaturated/α-hetero) is 1. The van der Waals surface area contributed by atoms with Crippen LogP contribution in [0.5, 0.6) is 5.75 Å². The molecule has 0 unspecified atom stereocenters. The first kappa shape index (κ1) is 24.1. The number of furan rings is 1. The van der Waals surface area contributed by atoms with Crippen LogP contribution in [0.1, 0.15) is 41.4 Å². The Morgan fingerprint density at radius 1 is 1.08 bits per heavy atom. The lowest BCUT2D eigenvalue weighted by Crippen LogP contribution is -2.47. The number of hydrogen-bond acceptors (Lipinski definition) is 8. The zero-order valence-corrected chi connectivity index (χ0v) is 20.3. The Hall–Kier alpha value is -4.64. The number of nitrogens with zero attached hydrogens (tertiary/aromatic N) is 2. The number of benzene rings is 2. The summed E-state index contributed by atoms with van der Waals surface area (Å²) in [5, 5.41) is 10.6. The first-order chi connectivity index (χ1) is 17.9. The number of esters is 2. The zero-order valence-electron chi connectivity index (χ0n) is 20.3. The summed E-state index contributed by atoms with van der Waals surface area (Å²) >= 11 is 0. The van der Waals surface area contributed by atoms with Crippen molar-refractivity contribution < 1.29 is 28.3 Å². The van der Waals surface area contributed by atoms with Gasteiger partial charge in [0.05, 0.1) is 30.9 Å². The molecule has 5 rings (SSSR count). The van der Waals surface area contributed by atoms with Crippen LogP contribution in [-0.2, 0) is 14.3 Å². The Kier molecular flexibility index (Phi) is 6.14. The molecular formula is C29H24N2O6. The van der Waals surface area contributed by atoms with Gasteiger partial charge in [0.15, 0.2) is 11.2 Å². The maximum Gasteiger partial charge on any atom is 0.329 e. The number of carbonyl (C=O) groups is 3. The summed E-state index contributed by atoms with van der Waals surface area (Å²) in [7, 11) is 0. The largest absolute Gasteiger partial charge is 0.469 e. The SMILES string of the molecule is CCOC(=O)[C@@]1(C#N)[C@H](c2ccco2)[C@@H](C(=O)c2ccc(OC(C)=O)cc2)N2c3ccccc3C=C[C@@H]21. The van der Waals surface area contributed by atoms with E-state index in [0.29, 0.717) is 17.1 Å². The van der Waals surface area contributed by atoms with Gasteiger partial charge in [0.25, 0.3) is 0 Å². The fourth-order valence-electron chi connectivity index (χ4n) is 5.42. The van der Waals surface area contributed by atoms with Crippen molar-refractivity contribution in [2.24, 2.45) is 5.41 Å². The monoisotopic (exact) mass is 496 g/mol. The molecule has 0 aliphatic carbocycles. The molecule has 0 N–H and O–H groups in total. The highest BCUT2D eigenvalue weighted by molar-refractivity contribution is 6.06. The summed E-state index contributed by atoms with van der Waals surface area (Å²) in [6.07, 6.45) is 5.11. The highest BCUT2D eigenvalue weighted by atomic mass is 16.5. The van der Waals surface area contributed by atoms with Gasteiger partial charge in [0.2, 0.25) is 0 Å². The lowest BCUT2D eigenvalue weighted by Gasteiger charge is -2.36. The van der Waals surface area contributed by atoms with Gasteiger partial charge in [-0.25, -0.2) is 0 Å². The van der Waals surface area contributed by atoms with Gasteiger partial charge in [-0.2, -0.15) is 5.26 Å². The van der Waals surface area contributed by atoms with E-state index in [1.165, 1.54) is 25.3 Å².